The summed E-state index contributed by atoms with van der Waals surface area (Å²) in [6.07, 6.45) is 1.95. The topological polar surface area (TPSA) is 45.0 Å². The van der Waals surface area contributed by atoms with Crippen LogP contribution in [0.1, 0.15) is 46.1 Å². The summed E-state index contributed by atoms with van der Waals surface area (Å²) in [5.74, 6) is 2.21. The number of aliphatic imine (C=N–C) groups is 1. The number of hydrogen-bond acceptors (Lipinski definition) is 4. The molecule has 0 aliphatic carbocycles. The van der Waals surface area contributed by atoms with Crippen LogP contribution in [0.5, 0.6) is 0 Å². The molecule has 1 aromatic rings. The van der Waals surface area contributed by atoms with Gasteiger partial charge in [-0.3, -0.25) is 10.7 Å². The average molecular weight is 464 g/mol. The van der Waals surface area contributed by atoms with E-state index in [1.807, 2.05) is 49.9 Å². The second-order valence-corrected chi connectivity index (χ2v) is 5.81. The molecule has 1 atom stereocenters. The second-order valence-electron chi connectivity index (χ2n) is 4.40. The predicted octanol–water partition coefficient (Wildman–Crippen LogP) is 5.06. The molecular formula is C16H23N2OSYb-. The molecule has 1 unspecified atom stereocenters. The van der Waals surface area contributed by atoms with Crippen LogP contribution in [-0.4, -0.2) is 21.9 Å². The number of nitrogens with zero attached hydrogens (tertiary/aromatic N) is 2. The molecule has 0 bridgehead atoms. The zero-order valence-corrected chi connectivity index (χ0v) is 15.4. The summed E-state index contributed by atoms with van der Waals surface area (Å²) in [4.78, 5) is 4.72. The summed E-state index contributed by atoms with van der Waals surface area (Å²) in [6.45, 7) is 7.99. The van der Waals surface area contributed by atoms with E-state index in [-0.39, 0.29) is 46.9 Å². The standard InChI is InChI=1S/C14H17N2OS.C2H6.Yb/c1-10-9-12(7-8-18-10)15-14-6-4-3-5-13(14)11(2)16-17;1-2;/h3-6,8,10,17H,7,9H2,1-2H3;1-2H3;/q-1;;. The fraction of sp³-hybridized carbons (Fsp3) is 0.438. The Hall–Kier alpha value is 0.229. The van der Waals surface area contributed by atoms with Gasteiger partial charge in [0.05, 0.1) is 11.4 Å². The van der Waals surface area contributed by atoms with Crippen molar-refractivity contribution >= 4 is 28.9 Å². The molecule has 0 aromatic heterocycles. The Morgan fingerprint density at radius 3 is 2.62 bits per heavy atom. The molecule has 1 saturated heterocycles. The summed E-state index contributed by atoms with van der Waals surface area (Å²) in [6, 6.07) is 7.78. The predicted molar refractivity (Wildman–Crippen MR) is 89.5 cm³/mol. The Balaban J connectivity index is 0.00000128. The molecule has 124 valence electrons. The Morgan fingerprint density at radius 2 is 2.00 bits per heavy atom. The fourth-order valence-electron chi connectivity index (χ4n) is 1.96. The molecule has 2 rings (SSSR count). The molecule has 21 heavy (non-hydrogen) atoms. The number of benzene rings is 1. The van der Waals surface area contributed by atoms with Gasteiger partial charge in [-0.25, -0.2) is 0 Å². The second kappa shape index (κ2) is 11.8. The van der Waals surface area contributed by atoms with Crippen LogP contribution in [0.4, 0.5) is 5.69 Å². The molecule has 0 radical (unpaired) electrons. The molecule has 0 amide bonds. The first-order valence-electron chi connectivity index (χ1n) is 7.02. The number of thioether (sulfide) groups is 1. The van der Waals surface area contributed by atoms with Gasteiger partial charge in [-0.1, -0.05) is 44.1 Å². The Morgan fingerprint density at radius 1 is 1.33 bits per heavy atom. The van der Waals surface area contributed by atoms with E-state index in [9.17, 15) is 0 Å². The van der Waals surface area contributed by atoms with Gasteiger partial charge < -0.3 is 17.0 Å². The van der Waals surface area contributed by atoms with Crippen LogP contribution in [0.3, 0.4) is 0 Å². The van der Waals surface area contributed by atoms with Crippen molar-refractivity contribution in [3.8, 4) is 0 Å². The third-order valence-electron chi connectivity index (χ3n) is 2.89. The molecule has 0 spiro atoms. The summed E-state index contributed by atoms with van der Waals surface area (Å²) in [7, 11) is 0. The summed E-state index contributed by atoms with van der Waals surface area (Å²) in [5.41, 5.74) is 3.56. The molecule has 0 saturated carbocycles. The van der Waals surface area contributed by atoms with Gasteiger partial charge in [0.25, 0.3) is 0 Å². The van der Waals surface area contributed by atoms with Gasteiger partial charge in [0.2, 0.25) is 0 Å². The normalized spacial score (nSPS) is 20.3. The van der Waals surface area contributed by atoms with Crippen molar-refractivity contribution in [2.75, 3.05) is 0 Å². The molecule has 1 fully saturated rings. The van der Waals surface area contributed by atoms with Gasteiger partial charge in [-0.15, -0.1) is 6.42 Å². The Bertz CT molecular complexity index is 489. The van der Waals surface area contributed by atoms with Crippen molar-refractivity contribution in [1.29, 1.82) is 0 Å². The minimum Gasteiger partial charge on any atom is -0.411 e. The average Bonchev–Trinajstić information content (AvgIpc) is 2.49. The van der Waals surface area contributed by atoms with Crippen molar-refractivity contribution in [1.82, 2.24) is 0 Å². The van der Waals surface area contributed by atoms with Crippen LogP contribution in [0.25, 0.3) is 0 Å². The largest absolute Gasteiger partial charge is 0.411 e. The molecule has 5 heteroatoms. The van der Waals surface area contributed by atoms with Gasteiger partial charge in [0.1, 0.15) is 0 Å². The van der Waals surface area contributed by atoms with Gasteiger partial charge in [0, 0.05) is 52.5 Å². The first kappa shape index (κ1) is 21.2. The van der Waals surface area contributed by atoms with Crippen LogP contribution in [0.2, 0.25) is 0 Å². The Labute approximate surface area is 170 Å². The molecule has 1 aliphatic heterocycles. The number of oxime groups is 1. The van der Waals surface area contributed by atoms with Crippen molar-refractivity contribution in [3.05, 3.63) is 35.6 Å². The summed E-state index contributed by atoms with van der Waals surface area (Å²) < 4.78 is 0. The van der Waals surface area contributed by atoms with Crippen molar-refractivity contribution < 1.29 is 52.1 Å². The monoisotopic (exact) mass is 465 g/mol. The van der Waals surface area contributed by atoms with Crippen LogP contribution in [-0.2, 0) is 0 Å². The number of para-hydroxylation sites is 1. The number of rotatable bonds is 2. The third kappa shape index (κ3) is 6.89. The quantitative estimate of drug-likeness (QED) is 0.288. The van der Waals surface area contributed by atoms with E-state index in [0.29, 0.717) is 11.0 Å². The Kier molecular flexibility index (Phi) is 11.9. The van der Waals surface area contributed by atoms with E-state index in [1.165, 1.54) is 5.71 Å². The summed E-state index contributed by atoms with van der Waals surface area (Å²) in [5, 5.41) is 12.7. The van der Waals surface area contributed by atoms with E-state index in [1.54, 1.807) is 6.92 Å². The van der Waals surface area contributed by atoms with Crippen LogP contribution < -0.4 is 0 Å². The minimum atomic E-state index is 0. The smallest absolute Gasteiger partial charge is 0.0858 e. The molecule has 1 N–H and O–H groups in total. The first-order valence-corrected chi connectivity index (χ1v) is 7.96. The fourth-order valence-corrected chi connectivity index (χ4v) is 2.87. The first-order chi connectivity index (χ1) is 9.70. The molecule has 1 aliphatic rings. The van der Waals surface area contributed by atoms with Gasteiger partial charge in [-0.2, -0.15) is 0 Å². The zero-order valence-electron chi connectivity index (χ0n) is 12.9. The van der Waals surface area contributed by atoms with Crippen LogP contribution in [0, 0.1) is 52.7 Å². The van der Waals surface area contributed by atoms with E-state index >= 15 is 0 Å². The van der Waals surface area contributed by atoms with E-state index in [0.717, 1.165) is 24.1 Å². The van der Waals surface area contributed by atoms with Crippen molar-refractivity contribution in [3.63, 3.8) is 0 Å². The molecular weight excluding hydrogens is 441 g/mol. The molecule has 1 aromatic carbocycles. The van der Waals surface area contributed by atoms with Crippen LogP contribution >= 0.6 is 11.8 Å². The van der Waals surface area contributed by atoms with Crippen molar-refractivity contribution in [2.45, 2.75) is 45.8 Å². The van der Waals surface area contributed by atoms with Gasteiger partial charge in [-0.05, 0) is 30.4 Å². The minimum absolute atomic E-state index is 0. The van der Waals surface area contributed by atoms with E-state index < -0.39 is 0 Å². The maximum atomic E-state index is 8.89. The summed E-state index contributed by atoms with van der Waals surface area (Å²) >= 11 is 1.88. The van der Waals surface area contributed by atoms with Crippen molar-refractivity contribution in [2.24, 2.45) is 10.1 Å². The molecule has 3 nitrogen and oxygen atoms in total. The SMILES string of the molecule is CC.CC(=NO)c1ccccc1N=C1C[CH-]SC(C)C1.[Yb]. The third-order valence-corrected chi connectivity index (χ3v) is 3.88. The number of hydrogen-bond donors (Lipinski definition) is 1. The van der Waals surface area contributed by atoms with E-state index in [2.05, 4.69) is 17.8 Å². The zero-order chi connectivity index (χ0) is 15.0. The van der Waals surface area contributed by atoms with E-state index in [4.69, 9.17) is 10.2 Å². The van der Waals surface area contributed by atoms with Crippen LogP contribution in [0.15, 0.2) is 34.4 Å². The maximum absolute atomic E-state index is 8.89. The van der Waals surface area contributed by atoms with Gasteiger partial charge in [0.15, 0.2) is 0 Å². The molecule has 1 heterocycles. The maximum Gasteiger partial charge on any atom is 0.0858 e. The van der Waals surface area contributed by atoms with Gasteiger partial charge >= 0.3 is 0 Å².